The van der Waals surface area contributed by atoms with E-state index in [2.05, 4.69) is 26.1 Å². The van der Waals surface area contributed by atoms with Crippen molar-refractivity contribution in [2.75, 3.05) is 5.32 Å². The maximum atomic E-state index is 10.5. The molecule has 0 aromatic heterocycles. The van der Waals surface area contributed by atoms with Crippen LogP contribution in [0, 0.1) is 0 Å². The van der Waals surface area contributed by atoms with Crippen LogP contribution in [0.4, 0.5) is 5.69 Å². The molecule has 0 spiro atoms. The molecule has 0 fully saturated rings. The summed E-state index contributed by atoms with van der Waals surface area (Å²) >= 11 is 0. The first kappa shape index (κ1) is 12.9. The van der Waals surface area contributed by atoms with E-state index in [9.17, 15) is 5.11 Å². The zero-order chi connectivity index (χ0) is 14.3. The van der Waals surface area contributed by atoms with E-state index in [0.717, 1.165) is 22.6 Å². The van der Waals surface area contributed by atoms with Crippen molar-refractivity contribution >= 4 is 5.69 Å². The third-order valence-electron chi connectivity index (χ3n) is 3.58. The van der Waals surface area contributed by atoms with Crippen molar-refractivity contribution in [3.8, 4) is 11.5 Å². The van der Waals surface area contributed by atoms with Gasteiger partial charge in [-0.25, -0.2) is 0 Å². The molecule has 1 atom stereocenters. The summed E-state index contributed by atoms with van der Waals surface area (Å²) in [4.78, 5) is 0. The van der Waals surface area contributed by atoms with Gasteiger partial charge in [-0.2, -0.15) is 0 Å². The summed E-state index contributed by atoms with van der Waals surface area (Å²) < 4.78 is 5.87. The number of nitrogens with one attached hydrogen (secondary N) is 1. The van der Waals surface area contributed by atoms with Crippen molar-refractivity contribution in [2.45, 2.75) is 32.4 Å². The van der Waals surface area contributed by atoms with Crippen LogP contribution in [0.5, 0.6) is 11.5 Å². The van der Waals surface area contributed by atoms with E-state index in [4.69, 9.17) is 4.74 Å². The Morgan fingerprint density at radius 1 is 1.05 bits per heavy atom. The number of hydrogen-bond donors (Lipinski definition) is 2. The van der Waals surface area contributed by atoms with Gasteiger partial charge >= 0.3 is 0 Å². The van der Waals surface area contributed by atoms with Crippen molar-refractivity contribution in [1.82, 2.24) is 0 Å². The highest BCUT2D eigenvalue weighted by Gasteiger charge is 2.28. The topological polar surface area (TPSA) is 41.5 Å². The molecule has 3 nitrogen and oxygen atoms in total. The Morgan fingerprint density at radius 3 is 2.50 bits per heavy atom. The Hall–Kier alpha value is -2.16. The lowest BCUT2D eigenvalue weighted by molar-refractivity contribution is 0.253. The van der Waals surface area contributed by atoms with Crippen LogP contribution in [0.15, 0.2) is 42.5 Å². The monoisotopic (exact) mass is 269 g/mol. The second kappa shape index (κ2) is 4.44. The molecule has 1 aliphatic heterocycles. The fourth-order valence-corrected chi connectivity index (χ4v) is 2.51. The molecule has 0 saturated heterocycles. The molecule has 3 heteroatoms. The number of benzene rings is 2. The molecule has 2 aromatic rings. The lowest BCUT2D eigenvalue weighted by Gasteiger charge is -2.23. The highest BCUT2D eigenvalue weighted by atomic mass is 16.5. The van der Waals surface area contributed by atoms with Gasteiger partial charge in [0.1, 0.15) is 11.5 Å². The van der Waals surface area contributed by atoms with Gasteiger partial charge in [0.05, 0.1) is 11.3 Å². The number of phenolic OH excluding ortho intramolecular Hbond substituents is 1. The van der Waals surface area contributed by atoms with Gasteiger partial charge in [-0.1, -0.05) is 45.0 Å². The van der Waals surface area contributed by atoms with Crippen LogP contribution in [-0.2, 0) is 5.41 Å². The molecule has 3 rings (SSSR count). The lowest BCUT2D eigenvalue weighted by Crippen LogP contribution is -2.15. The van der Waals surface area contributed by atoms with Gasteiger partial charge in [0.15, 0.2) is 6.23 Å². The molecule has 20 heavy (non-hydrogen) atoms. The summed E-state index contributed by atoms with van der Waals surface area (Å²) in [6, 6.07) is 13.6. The number of aromatic hydroxyl groups is 1. The lowest BCUT2D eigenvalue weighted by atomic mass is 9.85. The van der Waals surface area contributed by atoms with E-state index in [1.807, 2.05) is 42.5 Å². The van der Waals surface area contributed by atoms with Crippen LogP contribution < -0.4 is 10.1 Å². The van der Waals surface area contributed by atoms with Gasteiger partial charge in [0.25, 0.3) is 0 Å². The molecule has 0 radical (unpaired) electrons. The molecule has 0 amide bonds. The van der Waals surface area contributed by atoms with Crippen molar-refractivity contribution in [1.29, 1.82) is 0 Å². The van der Waals surface area contributed by atoms with E-state index in [-0.39, 0.29) is 11.6 Å². The van der Waals surface area contributed by atoms with E-state index in [1.54, 1.807) is 0 Å². The van der Waals surface area contributed by atoms with Crippen LogP contribution in [0.1, 0.15) is 38.1 Å². The van der Waals surface area contributed by atoms with Crippen molar-refractivity contribution < 1.29 is 9.84 Å². The minimum atomic E-state index is -0.338. The van der Waals surface area contributed by atoms with E-state index in [1.165, 1.54) is 0 Å². The Balaban J connectivity index is 1.98. The molecule has 1 aliphatic rings. The third-order valence-corrected chi connectivity index (χ3v) is 3.58. The molecule has 0 aliphatic carbocycles. The molecule has 2 aromatic carbocycles. The van der Waals surface area contributed by atoms with E-state index >= 15 is 0 Å². The third kappa shape index (κ3) is 2.09. The second-order valence-corrected chi connectivity index (χ2v) is 6.13. The maximum Gasteiger partial charge on any atom is 0.200 e. The average Bonchev–Trinajstić information content (AvgIpc) is 2.81. The Bertz CT molecular complexity index is 619. The summed E-state index contributed by atoms with van der Waals surface area (Å²) in [5, 5.41) is 13.8. The molecular weight excluding hydrogens is 250 g/mol. The Labute approximate surface area is 119 Å². The normalized spacial score (nSPS) is 17.2. The number of phenols is 1. The van der Waals surface area contributed by atoms with Crippen molar-refractivity contribution in [3.05, 3.63) is 53.6 Å². The predicted molar refractivity (Wildman–Crippen MR) is 80.2 cm³/mol. The fraction of sp³-hybridized carbons (Fsp3) is 0.294. The molecular formula is C17H19NO2. The summed E-state index contributed by atoms with van der Waals surface area (Å²) in [5.41, 5.74) is 2.55. The van der Waals surface area contributed by atoms with Crippen LogP contribution >= 0.6 is 0 Å². The van der Waals surface area contributed by atoms with E-state index < -0.39 is 0 Å². The van der Waals surface area contributed by atoms with Gasteiger partial charge in [0.2, 0.25) is 0 Å². The summed E-state index contributed by atoms with van der Waals surface area (Å²) in [6.07, 6.45) is -0.338. The zero-order valence-electron chi connectivity index (χ0n) is 12.0. The van der Waals surface area contributed by atoms with E-state index in [0.29, 0.717) is 5.75 Å². The van der Waals surface area contributed by atoms with Crippen LogP contribution in [0.3, 0.4) is 0 Å². The number of ether oxygens (including phenoxy) is 1. The average molecular weight is 269 g/mol. The Kier molecular flexibility index (Phi) is 2.85. The van der Waals surface area contributed by atoms with Crippen molar-refractivity contribution in [2.24, 2.45) is 0 Å². The minimum Gasteiger partial charge on any atom is -0.507 e. The minimum absolute atomic E-state index is 0.106. The summed E-state index contributed by atoms with van der Waals surface area (Å²) in [7, 11) is 0. The number of anilines is 1. The highest BCUT2D eigenvalue weighted by Crippen LogP contribution is 2.42. The highest BCUT2D eigenvalue weighted by molar-refractivity contribution is 5.62. The summed E-state index contributed by atoms with van der Waals surface area (Å²) in [6.45, 7) is 6.26. The Morgan fingerprint density at radius 2 is 1.80 bits per heavy atom. The first-order valence-electron chi connectivity index (χ1n) is 6.81. The van der Waals surface area contributed by atoms with Gasteiger partial charge in [-0.15, -0.1) is 0 Å². The molecule has 1 unspecified atom stereocenters. The van der Waals surface area contributed by atoms with Crippen LogP contribution in [0.2, 0.25) is 0 Å². The zero-order valence-corrected chi connectivity index (χ0v) is 12.0. The number of para-hydroxylation sites is 3. The molecule has 0 saturated carbocycles. The van der Waals surface area contributed by atoms with Crippen LogP contribution in [0.25, 0.3) is 0 Å². The molecule has 1 heterocycles. The van der Waals surface area contributed by atoms with Gasteiger partial charge in [0, 0.05) is 0 Å². The van der Waals surface area contributed by atoms with Gasteiger partial charge in [-0.3, -0.25) is 0 Å². The predicted octanol–water partition coefficient (Wildman–Crippen LogP) is 4.19. The first-order valence-corrected chi connectivity index (χ1v) is 6.81. The van der Waals surface area contributed by atoms with Gasteiger partial charge < -0.3 is 15.2 Å². The SMILES string of the molecule is CC(C)(C)c1cccc(C2Nc3ccccc3O2)c1O. The van der Waals surface area contributed by atoms with Crippen LogP contribution in [-0.4, -0.2) is 5.11 Å². The molecule has 104 valence electrons. The van der Waals surface area contributed by atoms with Crippen molar-refractivity contribution in [3.63, 3.8) is 0 Å². The number of hydrogen-bond acceptors (Lipinski definition) is 3. The number of fused-ring (bicyclic) bond motifs is 1. The maximum absolute atomic E-state index is 10.5. The smallest absolute Gasteiger partial charge is 0.200 e. The first-order chi connectivity index (χ1) is 9.47. The quantitative estimate of drug-likeness (QED) is 0.815. The largest absolute Gasteiger partial charge is 0.507 e. The standard InChI is InChI=1S/C17H19NO2/c1-17(2,3)12-8-6-7-11(15(12)19)16-18-13-9-4-5-10-14(13)20-16/h4-10,16,18-19H,1-3H3. The fourth-order valence-electron chi connectivity index (χ4n) is 2.51. The second-order valence-electron chi connectivity index (χ2n) is 6.13. The number of rotatable bonds is 1. The summed E-state index contributed by atoms with van der Waals surface area (Å²) in [5.74, 6) is 1.13. The van der Waals surface area contributed by atoms with Gasteiger partial charge in [-0.05, 0) is 29.2 Å². The molecule has 2 N–H and O–H groups in total. The molecule has 0 bridgehead atoms.